The molecule has 9 nitrogen and oxygen atoms in total. The van der Waals surface area contributed by atoms with Gasteiger partial charge in [-0.15, -0.1) is 0 Å². The van der Waals surface area contributed by atoms with Crippen LogP contribution in [0, 0.1) is 11.2 Å². The standard InChI is InChI=1S/C19H18ClFN8O/c1-28-9-8-23-15(28)5-7-25-19-26-16-12(4-6-24-18(16)27-19)17(22)29(30)11-2-3-14(21)13(20)10-11/h2-4,6,8-10,22,30H,5,7H2,1H3,(H2,24,25,26,27). The lowest BCUT2D eigenvalue weighted by Gasteiger charge is -2.18. The van der Waals surface area contributed by atoms with Crippen LogP contribution in [0.4, 0.5) is 16.0 Å². The predicted molar refractivity (Wildman–Crippen MR) is 112 cm³/mol. The molecule has 0 saturated carbocycles. The molecule has 0 aliphatic carbocycles. The highest BCUT2D eigenvalue weighted by Gasteiger charge is 2.18. The zero-order chi connectivity index (χ0) is 21.3. The van der Waals surface area contributed by atoms with Crippen LogP contribution in [0.15, 0.2) is 42.9 Å². The van der Waals surface area contributed by atoms with Crippen molar-refractivity contribution >= 4 is 40.2 Å². The third kappa shape index (κ3) is 3.82. The summed E-state index contributed by atoms with van der Waals surface area (Å²) in [5, 5.41) is 22.5. The summed E-state index contributed by atoms with van der Waals surface area (Å²) < 4.78 is 15.3. The molecular weight excluding hydrogens is 411 g/mol. The van der Waals surface area contributed by atoms with E-state index in [4.69, 9.17) is 17.0 Å². The Morgan fingerprint density at radius 1 is 1.33 bits per heavy atom. The first-order valence-electron chi connectivity index (χ1n) is 9.02. The van der Waals surface area contributed by atoms with E-state index in [1.165, 1.54) is 18.3 Å². The third-order valence-electron chi connectivity index (χ3n) is 4.57. The van der Waals surface area contributed by atoms with Crippen LogP contribution < -0.4 is 10.4 Å². The molecule has 0 atom stereocenters. The number of anilines is 2. The van der Waals surface area contributed by atoms with E-state index >= 15 is 0 Å². The van der Waals surface area contributed by atoms with Gasteiger partial charge in [0.25, 0.3) is 0 Å². The molecule has 0 saturated heterocycles. The fourth-order valence-corrected chi connectivity index (χ4v) is 3.16. The second kappa shape index (κ2) is 8.09. The van der Waals surface area contributed by atoms with Gasteiger partial charge in [-0.2, -0.15) is 4.98 Å². The highest BCUT2D eigenvalue weighted by Crippen LogP contribution is 2.24. The number of aromatic amines is 1. The van der Waals surface area contributed by atoms with E-state index in [0.717, 1.165) is 11.9 Å². The Hall–Kier alpha value is -3.50. The first kappa shape index (κ1) is 19.8. The predicted octanol–water partition coefficient (Wildman–Crippen LogP) is 3.36. The van der Waals surface area contributed by atoms with Crippen molar-refractivity contribution in [3.8, 4) is 0 Å². The Balaban J connectivity index is 1.54. The summed E-state index contributed by atoms with van der Waals surface area (Å²) in [6.07, 6.45) is 5.82. The molecule has 0 amide bonds. The number of aryl methyl sites for hydroxylation is 1. The average Bonchev–Trinajstić information content (AvgIpc) is 3.34. The van der Waals surface area contributed by atoms with Crippen molar-refractivity contribution in [2.75, 3.05) is 16.9 Å². The number of benzene rings is 1. The maximum absolute atomic E-state index is 13.4. The zero-order valence-corrected chi connectivity index (χ0v) is 16.7. The maximum Gasteiger partial charge on any atom is 0.202 e. The topological polar surface area (TPSA) is 119 Å². The van der Waals surface area contributed by atoms with Crippen LogP contribution in [0.1, 0.15) is 11.4 Å². The largest absolute Gasteiger partial charge is 0.355 e. The molecule has 0 aliphatic heterocycles. The number of nitrogens with zero attached hydrogens (tertiary/aromatic N) is 5. The van der Waals surface area contributed by atoms with E-state index in [1.54, 1.807) is 12.3 Å². The maximum atomic E-state index is 13.4. The lowest BCUT2D eigenvalue weighted by Crippen LogP contribution is -2.27. The highest BCUT2D eigenvalue weighted by atomic mass is 35.5. The van der Waals surface area contributed by atoms with Gasteiger partial charge in [0.2, 0.25) is 5.95 Å². The van der Waals surface area contributed by atoms with E-state index in [9.17, 15) is 9.60 Å². The Morgan fingerprint density at radius 2 is 2.17 bits per heavy atom. The van der Waals surface area contributed by atoms with Crippen LogP contribution in [-0.4, -0.2) is 42.1 Å². The summed E-state index contributed by atoms with van der Waals surface area (Å²) in [5.41, 5.74) is 1.40. The average molecular weight is 429 g/mol. The fraction of sp³-hybridized carbons (Fsp3) is 0.158. The molecule has 11 heteroatoms. The Morgan fingerprint density at radius 3 is 2.90 bits per heavy atom. The summed E-state index contributed by atoms with van der Waals surface area (Å²) >= 11 is 5.78. The van der Waals surface area contributed by atoms with Crippen molar-refractivity contribution in [2.45, 2.75) is 6.42 Å². The Labute approximate surface area is 175 Å². The minimum atomic E-state index is -0.610. The van der Waals surface area contributed by atoms with Gasteiger partial charge < -0.3 is 14.9 Å². The van der Waals surface area contributed by atoms with Crippen molar-refractivity contribution in [1.29, 1.82) is 5.41 Å². The summed E-state index contributed by atoms with van der Waals surface area (Å²) in [6.45, 7) is 0.595. The molecule has 154 valence electrons. The van der Waals surface area contributed by atoms with Crippen molar-refractivity contribution in [1.82, 2.24) is 24.5 Å². The van der Waals surface area contributed by atoms with Gasteiger partial charge in [-0.25, -0.2) is 19.4 Å². The molecule has 3 heterocycles. The second-order valence-electron chi connectivity index (χ2n) is 6.53. The smallest absolute Gasteiger partial charge is 0.202 e. The van der Waals surface area contributed by atoms with Crippen molar-refractivity contribution in [3.05, 3.63) is 65.1 Å². The zero-order valence-electron chi connectivity index (χ0n) is 15.9. The Kier molecular flexibility index (Phi) is 5.34. The molecule has 30 heavy (non-hydrogen) atoms. The van der Waals surface area contributed by atoms with E-state index in [-0.39, 0.29) is 16.5 Å². The quantitative estimate of drug-likeness (QED) is 0.212. The number of hydroxylamine groups is 1. The van der Waals surface area contributed by atoms with Gasteiger partial charge in [-0.1, -0.05) is 11.6 Å². The number of imidazole rings is 2. The summed E-state index contributed by atoms with van der Waals surface area (Å²) in [5.74, 6) is 0.573. The lowest BCUT2D eigenvalue weighted by atomic mass is 10.2. The normalized spacial score (nSPS) is 11.1. The summed E-state index contributed by atoms with van der Waals surface area (Å²) in [4.78, 5) is 16.0. The monoisotopic (exact) mass is 428 g/mol. The molecule has 0 unspecified atom stereocenters. The van der Waals surface area contributed by atoms with Crippen LogP contribution in [0.3, 0.4) is 0 Å². The van der Waals surface area contributed by atoms with Gasteiger partial charge in [0.1, 0.15) is 11.6 Å². The first-order chi connectivity index (χ1) is 14.4. The van der Waals surface area contributed by atoms with Gasteiger partial charge in [0.05, 0.1) is 16.2 Å². The minimum Gasteiger partial charge on any atom is -0.355 e. The molecule has 0 radical (unpaired) electrons. The Bertz CT molecular complexity index is 1220. The number of nitrogens with one attached hydrogen (secondary N) is 3. The van der Waals surface area contributed by atoms with E-state index in [1.807, 2.05) is 17.8 Å². The van der Waals surface area contributed by atoms with E-state index in [0.29, 0.717) is 40.7 Å². The molecule has 4 rings (SSSR count). The number of fused-ring (bicyclic) bond motifs is 1. The van der Waals surface area contributed by atoms with Crippen molar-refractivity contribution in [2.24, 2.45) is 7.05 Å². The molecule has 1 aromatic carbocycles. The van der Waals surface area contributed by atoms with Gasteiger partial charge in [0.15, 0.2) is 11.5 Å². The van der Waals surface area contributed by atoms with Crippen LogP contribution in [-0.2, 0) is 13.5 Å². The number of pyridine rings is 1. The molecule has 0 fully saturated rings. The first-order valence-corrected chi connectivity index (χ1v) is 9.39. The number of hydrogen-bond donors (Lipinski definition) is 4. The van der Waals surface area contributed by atoms with Crippen molar-refractivity contribution < 1.29 is 9.60 Å². The third-order valence-corrected chi connectivity index (χ3v) is 4.86. The van der Waals surface area contributed by atoms with Gasteiger partial charge in [0, 0.05) is 44.2 Å². The van der Waals surface area contributed by atoms with Crippen LogP contribution in [0.2, 0.25) is 5.02 Å². The van der Waals surface area contributed by atoms with Crippen LogP contribution in [0.5, 0.6) is 0 Å². The molecule has 0 bridgehead atoms. The fourth-order valence-electron chi connectivity index (χ4n) is 2.98. The molecule has 0 spiro atoms. The van der Waals surface area contributed by atoms with Crippen LogP contribution in [0.25, 0.3) is 11.2 Å². The SMILES string of the molecule is Cn1ccnc1CCNc1nc2nccc(C(=N)N(O)c3ccc(F)c(Cl)c3)c2[nH]1. The molecule has 4 N–H and O–H groups in total. The van der Waals surface area contributed by atoms with E-state index < -0.39 is 5.82 Å². The second-order valence-corrected chi connectivity index (χ2v) is 6.94. The molecule has 4 aromatic rings. The number of amidine groups is 1. The van der Waals surface area contributed by atoms with Gasteiger partial charge >= 0.3 is 0 Å². The van der Waals surface area contributed by atoms with E-state index in [2.05, 4.69) is 25.3 Å². The number of hydrogen-bond acceptors (Lipinski definition) is 6. The number of rotatable bonds is 6. The number of halogens is 2. The summed E-state index contributed by atoms with van der Waals surface area (Å²) in [6, 6.07) is 5.26. The molecule has 3 aromatic heterocycles. The van der Waals surface area contributed by atoms with Crippen LogP contribution >= 0.6 is 11.6 Å². The molecular formula is C19H18ClFN8O. The van der Waals surface area contributed by atoms with Crippen molar-refractivity contribution in [3.63, 3.8) is 0 Å². The molecule has 0 aliphatic rings. The lowest BCUT2D eigenvalue weighted by molar-refractivity contribution is 0.312. The number of aromatic nitrogens is 5. The summed E-state index contributed by atoms with van der Waals surface area (Å²) in [7, 11) is 1.93. The highest BCUT2D eigenvalue weighted by molar-refractivity contribution is 6.31. The van der Waals surface area contributed by atoms with Gasteiger partial charge in [-0.3, -0.25) is 10.6 Å². The minimum absolute atomic E-state index is 0.153. The van der Waals surface area contributed by atoms with Gasteiger partial charge in [-0.05, 0) is 24.3 Å². The number of H-pyrrole nitrogens is 1.